The summed E-state index contributed by atoms with van der Waals surface area (Å²) in [6, 6.07) is 8.03. The number of alkyl halides is 2. The van der Waals surface area contributed by atoms with E-state index in [0.29, 0.717) is 0 Å². The van der Waals surface area contributed by atoms with Gasteiger partial charge >= 0.3 is 0 Å². The van der Waals surface area contributed by atoms with Crippen molar-refractivity contribution in [3.8, 4) is 0 Å². The average molecular weight is 309 g/mol. The van der Waals surface area contributed by atoms with Gasteiger partial charge in [-0.15, -0.1) is 23.2 Å². The summed E-state index contributed by atoms with van der Waals surface area (Å²) in [5, 5.41) is 0. The number of hydrogen-bond acceptors (Lipinski definition) is 0. The van der Waals surface area contributed by atoms with Gasteiger partial charge in [0, 0.05) is 10.4 Å². The third kappa shape index (κ3) is 3.26. The van der Waals surface area contributed by atoms with Crippen molar-refractivity contribution < 1.29 is 0 Å². The molecular formula is C10H10BrCl2Si. The van der Waals surface area contributed by atoms with Gasteiger partial charge < -0.3 is 0 Å². The highest BCUT2D eigenvalue weighted by Crippen LogP contribution is 2.37. The van der Waals surface area contributed by atoms with Crippen molar-refractivity contribution in [3.05, 3.63) is 34.3 Å². The molecule has 1 aromatic carbocycles. The number of benzene rings is 1. The SMILES string of the molecule is CCC(c1ccc(Br)cc1)C([Si])(Cl)Cl. The quantitative estimate of drug-likeness (QED) is 0.578. The fourth-order valence-corrected chi connectivity index (χ4v) is 2.59. The summed E-state index contributed by atoms with van der Waals surface area (Å²) >= 11 is 15.5. The maximum atomic E-state index is 6.04. The van der Waals surface area contributed by atoms with E-state index in [1.54, 1.807) is 0 Å². The zero-order chi connectivity index (χ0) is 10.8. The normalized spacial score (nSPS) is 14.1. The van der Waals surface area contributed by atoms with Crippen LogP contribution >= 0.6 is 39.1 Å². The standard InChI is InChI=1S/C10H10BrCl2Si/c1-2-9(10(12,13)14)7-3-5-8(11)6-4-7/h3-6,9H,2H2,1H3. The summed E-state index contributed by atoms with van der Waals surface area (Å²) in [6.07, 6.45) is 0.887. The lowest BCUT2D eigenvalue weighted by atomic mass is 9.98. The summed E-state index contributed by atoms with van der Waals surface area (Å²) in [7, 11) is 3.33. The topological polar surface area (TPSA) is 0 Å². The van der Waals surface area contributed by atoms with E-state index in [1.807, 2.05) is 24.3 Å². The van der Waals surface area contributed by atoms with Gasteiger partial charge in [0.25, 0.3) is 0 Å². The van der Waals surface area contributed by atoms with E-state index in [1.165, 1.54) is 0 Å². The first-order chi connectivity index (χ1) is 6.45. The largest absolute Gasteiger partial charge is 0.106 e. The van der Waals surface area contributed by atoms with Crippen molar-refractivity contribution in [1.82, 2.24) is 0 Å². The maximum absolute atomic E-state index is 6.04. The molecule has 0 heterocycles. The van der Waals surface area contributed by atoms with Crippen LogP contribution in [0.15, 0.2) is 28.7 Å². The summed E-state index contributed by atoms with van der Waals surface area (Å²) in [5.74, 6) is 0.0931. The van der Waals surface area contributed by atoms with Gasteiger partial charge in [0.2, 0.25) is 0 Å². The first-order valence-electron chi connectivity index (χ1n) is 4.33. The predicted molar refractivity (Wildman–Crippen MR) is 67.4 cm³/mol. The first kappa shape index (κ1) is 12.6. The minimum Gasteiger partial charge on any atom is -0.106 e. The molecule has 0 nitrogen and oxygen atoms in total. The van der Waals surface area contributed by atoms with E-state index in [2.05, 4.69) is 33.1 Å². The van der Waals surface area contributed by atoms with E-state index < -0.39 is 3.96 Å². The van der Waals surface area contributed by atoms with Crippen LogP contribution in [0.2, 0.25) is 0 Å². The molecule has 1 aromatic rings. The minimum absolute atomic E-state index is 0.0931. The second kappa shape index (κ2) is 5.02. The summed E-state index contributed by atoms with van der Waals surface area (Å²) < 4.78 is 0.155. The monoisotopic (exact) mass is 307 g/mol. The Balaban J connectivity index is 2.96. The van der Waals surface area contributed by atoms with E-state index in [9.17, 15) is 0 Å². The van der Waals surface area contributed by atoms with E-state index >= 15 is 0 Å². The lowest BCUT2D eigenvalue weighted by molar-refractivity contribution is 0.679. The van der Waals surface area contributed by atoms with Gasteiger partial charge in [0.1, 0.15) is 3.96 Å². The van der Waals surface area contributed by atoms with Crippen molar-refractivity contribution in [2.45, 2.75) is 23.2 Å². The van der Waals surface area contributed by atoms with Crippen LogP contribution in [-0.4, -0.2) is 14.2 Å². The van der Waals surface area contributed by atoms with Gasteiger partial charge in [-0.1, -0.05) is 35.0 Å². The molecule has 0 spiro atoms. The van der Waals surface area contributed by atoms with Crippen LogP contribution in [0.4, 0.5) is 0 Å². The van der Waals surface area contributed by atoms with E-state index in [-0.39, 0.29) is 5.92 Å². The molecule has 4 heteroatoms. The van der Waals surface area contributed by atoms with Gasteiger partial charge in [-0.2, -0.15) is 0 Å². The Bertz CT molecular complexity index is 292. The van der Waals surface area contributed by atoms with Crippen LogP contribution in [-0.2, 0) is 0 Å². The lowest BCUT2D eigenvalue weighted by Gasteiger charge is -2.25. The molecule has 0 bridgehead atoms. The summed E-state index contributed by atoms with van der Waals surface area (Å²) in [4.78, 5) is 0. The van der Waals surface area contributed by atoms with Crippen LogP contribution in [0.25, 0.3) is 0 Å². The third-order valence-corrected chi connectivity index (χ3v) is 3.52. The number of rotatable bonds is 3. The highest BCUT2D eigenvalue weighted by molar-refractivity contribution is 9.10. The molecule has 0 aromatic heterocycles. The Labute approximate surface area is 107 Å². The molecule has 0 aliphatic rings. The minimum atomic E-state index is -0.900. The molecule has 0 saturated carbocycles. The molecule has 0 amide bonds. The van der Waals surface area contributed by atoms with Gasteiger partial charge in [-0.25, -0.2) is 0 Å². The van der Waals surface area contributed by atoms with Crippen LogP contribution < -0.4 is 0 Å². The van der Waals surface area contributed by atoms with Crippen LogP contribution in [0.1, 0.15) is 24.8 Å². The molecule has 0 aliphatic carbocycles. The lowest BCUT2D eigenvalue weighted by Crippen LogP contribution is -2.23. The Morgan fingerprint density at radius 1 is 1.36 bits per heavy atom. The highest BCUT2D eigenvalue weighted by atomic mass is 79.9. The maximum Gasteiger partial charge on any atom is 0.106 e. The second-order valence-electron chi connectivity index (χ2n) is 3.14. The van der Waals surface area contributed by atoms with Crippen LogP contribution in [0, 0.1) is 0 Å². The molecule has 1 unspecified atom stereocenters. The van der Waals surface area contributed by atoms with Crippen molar-refractivity contribution >= 4 is 49.4 Å². The Morgan fingerprint density at radius 2 is 1.86 bits per heavy atom. The van der Waals surface area contributed by atoms with E-state index in [0.717, 1.165) is 16.5 Å². The van der Waals surface area contributed by atoms with Crippen molar-refractivity contribution in [1.29, 1.82) is 0 Å². The van der Waals surface area contributed by atoms with Crippen LogP contribution in [0.5, 0.6) is 0 Å². The van der Waals surface area contributed by atoms with Gasteiger partial charge in [-0.3, -0.25) is 0 Å². The summed E-state index contributed by atoms with van der Waals surface area (Å²) in [6.45, 7) is 2.06. The fourth-order valence-electron chi connectivity index (χ4n) is 1.40. The van der Waals surface area contributed by atoms with Gasteiger partial charge in [-0.05, 0) is 24.1 Å². The molecule has 0 N–H and O–H groups in total. The van der Waals surface area contributed by atoms with Crippen LogP contribution in [0.3, 0.4) is 0 Å². The molecular weight excluding hydrogens is 299 g/mol. The first-order valence-corrected chi connectivity index (χ1v) is 6.38. The highest BCUT2D eigenvalue weighted by Gasteiger charge is 2.29. The molecule has 1 atom stereocenters. The molecule has 14 heavy (non-hydrogen) atoms. The predicted octanol–water partition coefficient (Wildman–Crippen LogP) is 4.24. The third-order valence-electron chi connectivity index (χ3n) is 2.12. The van der Waals surface area contributed by atoms with Gasteiger partial charge in [0.15, 0.2) is 0 Å². The van der Waals surface area contributed by atoms with E-state index in [4.69, 9.17) is 23.2 Å². The van der Waals surface area contributed by atoms with Crippen molar-refractivity contribution in [2.24, 2.45) is 0 Å². The van der Waals surface area contributed by atoms with Crippen molar-refractivity contribution in [2.75, 3.05) is 0 Å². The summed E-state index contributed by atoms with van der Waals surface area (Å²) in [5.41, 5.74) is 1.13. The molecule has 0 saturated heterocycles. The zero-order valence-electron chi connectivity index (χ0n) is 7.73. The smallest absolute Gasteiger partial charge is 0.106 e. The number of halogens is 3. The zero-order valence-corrected chi connectivity index (χ0v) is 11.8. The molecule has 75 valence electrons. The van der Waals surface area contributed by atoms with Gasteiger partial charge in [0.05, 0.1) is 10.2 Å². The average Bonchev–Trinajstić information content (AvgIpc) is 2.07. The fraction of sp³-hybridized carbons (Fsp3) is 0.400. The molecule has 3 radical (unpaired) electrons. The molecule has 0 fully saturated rings. The Hall–Kier alpha value is 0.497. The Morgan fingerprint density at radius 3 is 2.21 bits per heavy atom. The second-order valence-corrected chi connectivity index (χ2v) is 6.86. The molecule has 1 rings (SSSR count). The Kier molecular flexibility index (Phi) is 4.50. The number of hydrogen-bond donors (Lipinski definition) is 0. The van der Waals surface area contributed by atoms with Crippen molar-refractivity contribution in [3.63, 3.8) is 0 Å². The molecule has 0 aliphatic heterocycles.